The molecule has 0 amide bonds. The fourth-order valence-electron chi connectivity index (χ4n) is 2.44. The van der Waals surface area contributed by atoms with Crippen LogP contribution < -0.4 is 5.32 Å². The molecule has 6 heteroatoms. The first-order valence-corrected chi connectivity index (χ1v) is 6.16. The summed E-state index contributed by atoms with van der Waals surface area (Å²) in [6, 6.07) is 8.19. The van der Waals surface area contributed by atoms with E-state index in [0.717, 1.165) is 22.3 Å². The summed E-state index contributed by atoms with van der Waals surface area (Å²) in [6.45, 7) is 0. The number of nitrogens with one attached hydrogen (secondary N) is 1. The van der Waals surface area contributed by atoms with E-state index in [9.17, 15) is 0 Å². The van der Waals surface area contributed by atoms with Gasteiger partial charge in [-0.3, -0.25) is 9.36 Å². The molecule has 2 heterocycles. The summed E-state index contributed by atoms with van der Waals surface area (Å²) in [5.41, 5.74) is 3.10. The molecule has 0 aliphatic rings. The van der Waals surface area contributed by atoms with Gasteiger partial charge in [-0.2, -0.15) is 5.10 Å². The lowest BCUT2D eigenvalue weighted by molar-refractivity contribution is 0.581. The van der Waals surface area contributed by atoms with Crippen molar-refractivity contribution in [2.24, 2.45) is 14.1 Å². The molecule has 0 fully saturated rings. The molecule has 0 bridgehead atoms. The summed E-state index contributed by atoms with van der Waals surface area (Å²) in [4.78, 5) is 0. The Hall–Kier alpha value is -2.21. The second kappa shape index (κ2) is 4.47. The molecule has 2 aromatic heterocycles. The number of aryl methyl sites for hydroxylation is 2. The lowest BCUT2D eigenvalue weighted by Crippen LogP contribution is -2.21. The molecule has 19 heavy (non-hydrogen) atoms. The van der Waals surface area contributed by atoms with Crippen molar-refractivity contribution < 1.29 is 0 Å². The Labute approximate surface area is 111 Å². The van der Waals surface area contributed by atoms with Gasteiger partial charge in [-0.25, -0.2) is 0 Å². The molecule has 0 aliphatic heterocycles. The lowest BCUT2D eigenvalue weighted by atomic mass is 10.1. The Morgan fingerprint density at radius 3 is 2.63 bits per heavy atom. The van der Waals surface area contributed by atoms with E-state index in [1.54, 1.807) is 10.9 Å². The minimum atomic E-state index is -0.0221. The highest BCUT2D eigenvalue weighted by Crippen LogP contribution is 2.26. The van der Waals surface area contributed by atoms with Gasteiger partial charge in [-0.1, -0.05) is 23.4 Å². The highest BCUT2D eigenvalue weighted by Gasteiger charge is 2.22. The van der Waals surface area contributed by atoms with Crippen LogP contribution in [0.1, 0.15) is 17.4 Å². The Morgan fingerprint density at radius 2 is 1.95 bits per heavy atom. The molecule has 0 aliphatic carbocycles. The van der Waals surface area contributed by atoms with Gasteiger partial charge in [0.15, 0.2) is 0 Å². The van der Waals surface area contributed by atoms with Crippen LogP contribution in [0.3, 0.4) is 0 Å². The average molecular weight is 256 g/mol. The largest absolute Gasteiger partial charge is 0.307 e. The molecule has 3 aromatic rings. The van der Waals surface area contributed by atoms with E-state index in [-0.39, 0.29) is 6.04 Å². The second-order valence-electron chi connectivity index (χ2n) is 4.53. The van der Waals surface area contributed by atoms with E-state index < -0.39 is 0 Å². The number of nitrogens with zero attached hydrogens (tertiary/aromatic N) is 5. The molecule has 1 atom stereocenters. The second-order valence-corrected chi connectivity index (χ2v) is 4.53. The summed E-state index contributed by atoms with van der Waals surface area (Å²) < 4.78 is 3.67. The van der Waals surface area contributed by atoms with E-state index in [0.29, 0.717) is 0 Å². The zero-order valence-electron chi connectivity index (χ0n) is 11.2. The third kappa shape index (κ3) is 1.80. The minimum absolute atomic E-state index is 0.0221. The van der Waals surface area contributed by atoms with Crippen LogP contribution in [-0.2, 0) is 14.1 Å². The van der Waals surface area contributed by atoms with Crippen molar-refractivity contribution in [2.45, 2.75) is 6.04 Å². The number of fused-ring (bicyclic) bond motifs is 1. The zero-order valence-corrected chi connectivity index (χ0v) is 11.2. The van der Waals surface area contributed by atoms with E-state index in [1.165, 1.54) is 0 Å². The van der Waals surface area contributed by atoms with Gasteiger partial charge < -0.3 is 5.32 Å². The van der Waals surface area contributed by atoms with Gasteiger partial charge in [0.05, 0.1) is 29.1 Å². The molecule has 0 spiro atoms. The predicted molar refractivity (Wildman–Crippen MR) is 72.6 cm³/mol. The fraction of sp³-hybridized carbons (Fsp3) is 0.308. The minimum Gasteiger partial charge on any atom is -0.307 e. The first-order valence-electron chi connectivity index (χ1n) is 6.16. The van der Waals surface area contributed by atoms with Crippen LogP contribution in [0.5, 0.6) is 0 Å². The molecule has 0 radical (unpaired) electrons. The summed E-state index contributed by atoms with van der Waals surface area (Å²) >= 11 is 0. The highest BCUT2D eigenvalue weighted by molar-refractivity contribution is 5.82. The maximum Gasteiger partial charge on any atom is 0.0960 e. The summed E-state index contributed by atoms with van der Waals surface area (Å²) in [5.74, 6) is 0. The Kier molecular flexibility index (Phi) is 2.79. The van der Waals surface area contributed by atoms with Crippen molar-refractivity contribution in [3.63, 3.8) is 0 Å². The Bertz CT molecular complexity index is 711. The quantitative estimate of drug-likeness (QED) is 0.760. The van der Waals surface area contributed by atoms with Crippen LogP contribution >= 0.6 is 0 Å². The third-order valence-electron chi connectivity index (χ3n) is 3.39. The van der Waals surface area contributed by atoms with Crippen LogP contribution in [0.2, 0.25) is 0 Å². The van der Waals surface area contributed by atoms with Crippen molar-refractivity contribution in [2.75, 3.05) is 7.05 Å². The molecule has 98 valence electrons. The number of hydrogen-bond acceptors (Lipinski definition) is 4. The van der Waals surface area contributed by atoms with Gasteiger partial charge in [0, 0.05) is 19.5 Å². The Morgan fingerprint density at radius 1 is 1.16 bits per heavy atom. The summed E-state index contributed by atoms with van der Waals surface area (Å²) in [6.07, 6.45) is 1.77. The van der Waals surface area contributed by atoms with Gasteiger partial charge in [-0.05, 0) is 13.1 Å². The van der Waals surface area contributed by atoms with E-state index >= 15 is 0 Å². The van der Waals surface area contributed by atoms with Gasteiger partial charge in [0.2, 0.25) is 0 Å². The van der Waals surface area contributed by atoms with Gasteiger partial charge >= 0.3 is 0 Å². The molecule has 1 unspecified atom stereocenters. The summed E-state index contributed by atoms with van der Waals surface area (Å²) in [7, 11) is 5.76. The normalized spacial score (nSPS) is 13.0. The smallest absolute Gasteiger partial charge is 0.0960 e. The molecule has 0 saturated carbocycles. The highest BCUT2D eigenvalue weighted by atomic mass is 15.4. The molecule has 3 rings (SSSR count). The van der Waals surface area contributed by atoms with Crippen LogP contribution in [-0.4, -0.2) is 31.8 Å². The van der Waals surface area contributed by atoms with Crippen LogP contribution in [0.25, 0.3) is 10.9 Å². The maximum atomic E-state index is 4.64. The summed E-state index contributed by atoms with van der Waals surface area (Å²) in [5, 5.41) is 17.0. The topological polar surface area (TPSA) is 60.6 Å². The zero-order chi connectivity index (χ0) is 13.4. The third-order valence-corrected chi connectivity index (χ3v) is 3.39. The van der Waals surface area contributed by atoms with Crippen LogP contribution in [0.15, 0.2) is 30.5 Å². The molecule has 1 N–H and O–H groups in total. The Balaban J connectivity index is 2.20. The average Bonchev–Trinajstić information content (AvgIpc) is 2.98. The SMILES string of the molecule is CNC(c1nn(C)c2ccccc12)c1cnnn1C. The maximum absolute atomic E-state index is 4.64. The van der Waals surface area contributed by atoms with Crippen LogP contribution in [0, 0.1) is 0 Å². The van der Waals surface area contributed by atoms with Gasteiger partial charge in [0.25, 0.3) is 0 Å². The lowest BCUT2D eigenvalue weighted by Gasteiger charge is -2.13. The molecular weight excluding hydrogens is 240 g/mol. The fourth-order valence-corrected chi connectivity index (χ4v) is 2.44. The molecular formula is C13H16N6. The van der Waals surface area contributed by atoms with E-state index in [1.807, 2.05) is 38.0 Å². The number of hydrogen-bond donors (Lipinski definition) is 1. The molecule has 6 nitrogen and oxygen atoms in total. The standard InChI is InChI=1S/C13H16N6/c1-14-13(11-8-15-17-19(11)3)12-9-6-4-5-7-10(9)18(2)16-12/h4-8,13-14H,1-3H3. The number of benzene rings is 1. The van der Waals surface area contributed by atoms with Crippen molar-refractivity contribution in [3.05, 3.63) is 41.9 Å². The molecule has 1 aromatic carbocycles. The first-order chi connectivity index (χ1) is 9.22. The van der Waals surface area contributed by atoms with Crippen LogP contribution in [0.4, 0.5) is 0 Å². The molecule has 0 saturated heterocycles. The van der Waals surface area contributed by atoms with Crippen molar-refractivity contribution in [1.82, 2.24) is 30.1 Å². The van der Waals surface area contributed by atoms with E-state index in [4.69, 9.17) is 0 Å². The number of rotatable bonds is 3. The van der Waals surface area contributed by atoms with Crippen molar-refractivity contribution >= 4 is 10.9 Å². The van der Waals surface area contributed by atoms with E-state index in [2.05, 4.69) is 32.9 Å². The number of aromatic nitrogens is 5. The van der Waals surface area contributed by atoms with Crippen molar-refractivity contribution in [3.8, 4) is 0 Å². The van der Waals surface area contributed by atoms with Gasteiger partial charge in [0.1, 0.15) is 0 Å². The first kappa shape index (κ1) is 11.9. The monoisotopic (exact) mass is 256 g/mol. The van der Waals surface area contributed by atoms with Crippen molar-refractivity contribution in [1.29, 1.82) is 0 Å². The number of para-hydroxylation sites is 1. The predicted octanol–water partition coefficient (Wildman–Crippen LogP) is 1.01. The van der Waals surface area contributed by atoms with Gasteiger partial charge in [-0.15, -0.1) is 5.10 Å².